The van der Waals surface area contributed by atoms with E-state index in [4.69, 9.17) is 18.4 Å². The number of methoxy groups -OCH3 is 2. The van der Waals surface area contributed by atoms with Crippen molar-refractivity contribution in [3.63, 3.8) is 0 Å². The molecule has 0 unspecified atom stereocenters. The maximum absolute atomic E-state index is 11.8. The fourth-order valence-electron chi connectivity index (χ4n) is 3.45. The Labute approximate surface area is 174 Å². The molecule has 4 rings (SSSR count). The number of aromatic nitrogens is 2. The van der Waals surface area contributed by atoms with Crippen molar-refractivity contribution in [1.29, 1.82) is 0 Å². The van der Waals surface area contributed by atoms with Crippen LogP contribution < -0.4 is 4.74 Å². The third-order valence-corrected chi connectivity index (χ3v) is 5.15. The van der Waals surface area contributed by atoms with Gasteiger partial charge >= 0.3 is 5.97 Å². The highest BCUT2D eigenvalue weighted by atomic mass is 16.5. The molecule has 30 heavy (non-hydrogen) atoms. The second-order valence-corrected chi connectivity index (χ2v) is 7.06. The number of ether oxygens (including phenoxy) is 2. The molecule has 0 spiro atoms. The van der Waals surface area contributed by atoms with E-state index in [9.17, 15) is 4.79 Å². The van der Waals surface area contributed by atoms with Gasteiger partial charge in [-0.15, -0.1) is 0 Å². The highest BCUT2D eigenvalue weighted by Gasteiger charge is 2.23. The van der Waals surface area contributed by atoms with Crippen LogP contribution in [0.25, 0.3) is 11.4 Å². The lowest BCUT2D eigenvalue weighted by molar-refractivity contribution is 0.0559. The maximum atomic E-state index is 11.8. The summed E-state index contributed by atoms with van der Waals surface area (Å²) in [5, 5.41) is 4.09. The van der Waals surface area contributed by atoms with Crippen molar-refractivity contribution in [3.05, 3.63) is 53.8 Å². The van der Waals surface area contributed by atoms with Gasteiger partial charge in [-0.3, -0.25) is 9.80 Å². The molecule has 0 amide bonds. The van der Waals surface area contributed by atoms with Crippen LogP contribution in [-0.4, -0.2) is 66.3 Å². The summed E-state index contributed by atoms with van der Waals surface area (Å²) in [6.45, 7) is 4.72. The molecular formula is C21H24N4O5. The number of esters is 1. The smallest absolute Gasteiger partial charge is 0.374 e. The second-order valence-electron chi connectivity index (χ2n) is 7.06. The fourth-order valence-corrected chi connectivity index (χ4v) is 3.45. The molecule has 0 radical (unpaired) electrons. The largest absolute Gasteiger partial charge is 0.497 e. The van der Waals surface area contributed by atoms with E-state index in [1.807, 2.05) is 30.3 Å². The normalized spacial score (nSPS) is 15.3. The highest BCUT2D eigenvalue weighted by molar-refractivity contribution is 5.87. The zero-order valence-corrected chi connectivity index (χ0v) is 17.0. The number of piperazine rings is 1. The summed E-state index contributed by atoms with van der Waals surface area (Å²) in [7, 11) is 2.99. The zero-order valence-electron chi connectivity index (χ0n) is 17.0. The Hall–Kier alpha value is -3.17. The predicted molar refractivity (Wildman–Crippen MR) is 107 cm³/mol. The first-order chi connectivity index (χ1) is 14.7. The van der Waals surface area contributed by atoms with Gasteiger partial charge in [0.05, 0.1) is 27.0 Å². The van der Waals surface area contributed by atoms with Crippen molar-refractivity contribution in [2.24, 2.45) is 0 Å². The van der Waals surface area contributed by atoms with E-state index in [0.717, 1.165) is 43.1 Å². The van der Waals surface area contributed by atoms with Crippen LogP contribution in [0.3, 0.4) is 0 Å². The van der Waals surface area contributed by atoms with Crippen molar-refractivity contribution < 1.29 is 23.2 Å². The van der Waals surface area contributed by atoms with Gasteiger partial charge in [-0.05, 0) is 30.3 Å². The van der Waals surface area contributed by atoms with Crippen molar-refractivity contribution >= 4 is 5.97 Å². The summed E-state index contributed by atoms with van der Waals surface area (Å²) >= 11 is 0. The van der Waals surface area contributed by atoms with Crippen LogP contribution in [0.5, 0.6) is 5.75 Å². The molecule has 0 atom stereocenters. The number of hydrogen-bond donors (Lipinski definition) is 0. The molecule has 1 aliphatic heterocycles. The summed E-state index contributed by atoms with van der Waals surface area (Å²) in [5.74, 6) is 1.78. The molecule has 1 fully saturated rings. The molecule has 1 aliphatic rings. The van der Waals surface area contributed by atoms with E-state index in [2.05, 4.69) is 19.9 Å². The van der Waals surface area contributed by atoms with Crippen LogP contribution in [-0.2, 0) is 17.8 Å². The Morgan fingerprint density at radius 3 is 2.40 bits per heavy atom. The number of carbonyl (C=O) groups is 1. The first kappa shape index (κ1) is 20.1. The molecule has 1 aromatic carbocycles. The van der Waals surface area contributed by atoms with E-state index in [0.29, 0.717) is 24.8 Å². The molecule has 1 saturated heterocycles. The lowest BCUT2D eigenvalue weighted by Crippen LogP contribution is -2.45. The van der Waals surface area contributed by atoms with Crippen molar-refractivity contribution in [2.45, 2.75) is 13.1 Å². The minimum absolute atomic E-state index is 0.275. The molecule has 0 bridgehead atoms. The molecule has 9 nitrogen and oxygen atoms in total. The van der Waals surface area contributed by atoms with Crippen LogP contribution in [0.4, 0.5) is 0 Å². The Morgan fingerprint density at radius 2 is 1.73 bits per heavy atom. The monoisotopic (exact) mass is 412 g/mol. The molecule has 3 heterocycles. The number of carbonyl (C=O) groups excluding carboxylic acids is 1. The van der Waals surface area contributed by atoms with Crippen LogP contribution in [0.15, 0.2) is 45.5 Å². The summed E-state index contributed by atoms with van der Waals surface area (Å²) < 4.78 is 20.6. The summed E-state index contributed by atoms with van der Waals surface area (Å²) in [5.41, 5.74) is 1.73. The van der Waals surface area contributed by atoms with E-state index >= 15 is 0 Å². The van der Waals surface area contributed by atoms with E-state index in [1.54, 1.807) is 7.11 Å². The minimum atomic E-state index is -0.447. The first-order valence-corrected chi connectivity index (χ1v) is 9.72. The van der Waals surface area contributed by atoms with Crippen LogP contribution >= 0.6 is 0 Å². The SMILES string of the molecule is COC(=O)c1occc1CN1CCN(Cc2nc(-c3ccc(OC)cc3)no2)CC1. The number of nitrogens with zero attached hydrogens (tertiary/aromatic N) is 4. The van der Waals surface area contributed by atoms with E-state index in [-0.39, 0.29) is 5.76 Å². The van der Waals surface area contributed by atoms with Crippen LogP contribution in [0.1, 0.15) is 22.0 Å². The number of benzene rings is 1. The lowest BCUT2D eigenvalue weighted by Gasteiger charge is -2.33. The quantitative estimate of drug-likeness (QED) is 0.542. The summed E-state index contributed by atoms with van der Waals surface area (Å²) in [4.78, 5) is 20.8. The lowest BCUT2D eigenvalue weighted by atomic mass is 10.2. The Balaban J connectivity index is 1.29. The van der Waals surface area contributed by atoms with Gasteiger partial charge in [-0.1, -0.05) is 5.16 Å². The summed E-state index contributed by atoms with van der Waals surface area (Å²) in [6.07, 6.45) is 1.52. The van der Waals surface area contributed by atoms with Gasteiger partial charge in [0.15, 0.2) is 0 Å². The average molecular weight is 412 g/mol. The topological polar surface area (TPSA) is 94.1 Å². The minimum Gasteiger partial charge on any atom is -0.497 e. The maximum Gasteiger partial charge on any atom is 0.374 e. The zero-order chi connectivity index (χ0) is 20.9. The van der Waals surface area contributed by atoms with Crippen molar-refractivity contribution in [1.82, 2.24) is 19.9 Å². The molecule has 3 aromatic rings. The van der Waals surface area contributed by atoms with Gasteiger partial charge in [-0.25, -0.2) is 4.79 Å². The second kappa shape index (κ2) is 9.10. The number of rotatable bonds is 7. The molecular weight excluding hydrogens is 388 g/mol. The highest BCUT2D eigenvalue weighted by Crippen LogP contribution is 2.21. The predicted octanol–water partition coefficient (Wildman–Crippen LogP) is 2.44. The molecule has 0 aliphatic carbocycles. The summed E-state index contributed by atoms with van der Waals surface area (Å²) in [6, 6.07) is 9.37. The number of hydrogen-bond acceptors (Lipinski definition) is 9. The first-order valence-electron chi connectivity index (χ1n) is 9.72. The van der Waals surface area contributed by atoms with Gasteiger partial charge in [-0.2, -0.15) is 4.98 Å². The Bertz CT molecular complexity index is 973. The standard InChI is InChI=1S/C21H24N4O5/c1-27-17-5-3-15(4-6-17)20-22-18(30-23-20)14-25-10-8-24(9-11-25)13-16-7-12-29-19(16)21(26)28-2/h3-7,12H,8-11,13-14H2,1-2H3. The third kappa shape index (κ3) is 4.52. The number of furan rings is 1. The van der Waals surface area contributed by atoms with Gasteiger partial charge in [0.25, 0.3) is 0 Å². The average Bonchev–Trinajstić information content (AvgIpc) is 3.44. The van der Waals surface area contributed by atoms with E-state index in [1.165, 1.54) is 13.4 Å². The molecule has 158 valence electrons. The Morgan fingerprint density at radius 1 is 1.03 bits per heavy atom. The third-order valence-electron chi connectivity index (χ3n) is 5.15. The van der Waals surface area contributed by atoms with Gasteiger partial charge in [0.1, 0.15) is 5.75 Å². The van der Waals surface area contributed by atoms with Gasteiger partial charge < -0.3 is 18.4 Å². The van der Waals surface area contributed by atoms with Crippen LogP contribution in [0, 0.1) is 0 Å². The van der Waals surface area contributed by atoms with Crippen molar-refractivity contribution in [3.8, 4) is 17.1 Å². The Kier molecular flexibility index (Phi) is 6.10. The molecule has 0 saturated carbocycles. The fraction of sp³-hybridized carbons (Fsp3) is 0.381. The van der Waals surface area contributed by atoms with Gasteiger partial charge in [0, 0.05) is 43.9 Å². The van der Waals surface area contributed by atoms with Gasteiger partial charge in [0.2, 0.25) is 17.5 Å². The molecule has 9 heteroatoms. The van der Waals surface area contributed by atoms with Crippen LogP contribution in [0.2, 0.25) is 0 Å². The molecule has 0 N–H and O–H groups in total. The van der Waals surface area contributed by atoms with E-state index < -0.39 is 5.97 Å². The molecule has 2 aromatic heterocycles. The van der Waals surface area contributed by atoms with Crippen molar-refractivity contribution in [2.75, 3.05) is 40.4 Å².